The van der Waals surface area contributed by atoms with Crippen LogP contribution in [0.1, 0.15) is 36.7 Å². The van der Waals surface area contributed by atoms with Crippen LogP contribution in [0.3, 0.4) is 0 Å². The molecule has 2 rings (SSSR count). The van der Waals surface area contributed by atoms with E-state index in [2.05, 4.69) is 10.1 Å². The highest BCUT2D eigenvalue weighted by atomic mass is 19.4. The average Bonchev–Trinajstić information content (AvgIpc) is 2.64. The smallest absolute Gasteiger partial charge is 0.490 e. The van der Waals surface area contributed by atoms with Gasteiger partial charge in [0.1, 0.15) is 29.3 Å². The fraction of sp³-hybridized carbons (Fsp3) is 0.364. The lowest BCUT2D eigenvalue weighted by Crippen LogP contribution is -2.43. The Labute approximate surface area is 183 Å². The Hall–Kier alpha value is -3.43. The SMILES string of the molecule is CC(C)(C)OC(=O)N[C@@H](COc1cccc(OC(F)(F)F)c1C(=O)O)Cc1ccccc1. The van der Waals surface area contributed by atoms with Crippen LogP contribution in [0.25, 0.3) is 0 Å². The molecular weight excluding hydrogens is 431 g/mol. The van der Waals surface area contributed by atoms with Gasteiger partial charge in [-0.05, 0) is 44.9 Å². The van der Waals surface area contributed by atoms with E-state index >= 15 is 0 Å². The predicted molar refractivity (Wildman–Crippen MR) is 109 cm³/mol. The summed E-state index contributed by atoms with van der Waals surface area (Å²) >= 11 is 0. The van der Waals surface area contributed by atoms with Crippen LogP contribution in [0.5, 0.6) is 11.5 Å². The van der Waals surface area contributed by atoms with Gasteiger partial charge in [-0.25, -0.2) is 9.59 Å². The second-order valence-corrected chi connectivity index (χ2v) is 7.83. The summed E-state index contributed by atoms with van der Waals surface area (Å²) in [6, 6.07) is 11.7. The summed E-state index contributed by atoms with van der Waals surface area (Å²) in [4.78, 5) is 23.8. The third-order valence-corrected chi connectivity index (χ3v) is 3.91. The van der Waals surface area contributed by atoms with Gasteiger partial charge in [0.2, 0.25) is 0 Å². The van der Waals surface area contributed by atoms with Crippen LogP contribution in [-0.4, -0.2) is 41.8 Å². The summed E-state index contributed by atoms with van der Waals surface area (Å²) in [5.74, 6) is -2.88. The molecule has 0 aliphatic rings. The van der Waals surface area contributed by atoms with E-state index in [0.29, 0.717) is 6.42 Å². The number of alkyl halides is 3. The van der Waals surface area contributed by atoms with Gasteiger partial charge in [-0.3, -0.25) is 0 Å². The van der Waals surface area contributed by atoms with Crippen molar-refractivity contribution >= 4 is 12.1 Å². The number of carbonyl (C=O) groups is 2. The zero-order valence-corrected chi connectivity index (χ0v) is 17.7. The number of carbonyl (C=O) groups excluding carboxylic acids is 1. The highest BCUT2D eigenvalue weighted by Gasteiger charge is 2.34. The minimum Gasteiger partial charge on any atom is -0.490 e. The van der Waals surface area contributed by atoms with Gasteiger partial charge < -0.3 is 24.6 Å². The van der Waals surface area contributed by atoms with Crippen molar-refractivity contribution in [2.24, 2.45) is 0 Å². The predicted octanol–water partition coefficient (Wildman–Crippen LogP) is 4.80. The molecule has 0 saturated carbocycles. The number of alkyl carbamates (subject to hydrolysis) is 1. The molecular formula is C22H24F3NO6. The Balaban J connectivity index is 2.23. The summed E-state index contributed by atoms with van der Waals surface area (Å²) in [6.07, 6.45) is -5.48. The molecule has 32 heavy (non-hydrogen) atoms. The lowest BCUT2D eigenvalue weighted by atomic mass is 10.1. The lowest BCUT2D eigenvalue weighted by Gasteiger charge is -2.24. The molecule has 1 atom stereocenters. The van der Waals surface area contributed by atoms with E-state index < -0.39 is 41.4 Å². The zero-order chi connectivity index (χ0) is 23.9. The van der Waals surface area contributed by atoms with Gasteiger partial charge >= 0.3 is 18.4 Å². The van der Waals surface area contributed by atoms with Gasteiger partial charge in [0.05, 0.1) is 6.04 Å². The molecule has 0 bridgehead atoms. The first kappa shape index (κ1) is 24.8. The first-order valence-corrected chi connectivity index (χ1v) is 9.62. The summed E-state index contributed by atoms with van der Waals surface area (Å²) in [5, 5.41) is 12.0. The maximum absolute atomic E-state index is 12.6. The normalized spacial score (nSPS) is 12.6. The van der Waals surface area contributed by atoms with Crippen LogP contribution in [0.2, 0.25) is 0 Å². The molecule has 0 aliphatic carbocycles. The molecule has 0 unspecified atom stereocenters. The number of aromatic carboxylic acids is 1. The molecule has 2 aromatic rings. The third kappa shape index (κ3) is 8.37. The van der Waals surface area contributed by atoms with Crippen molar-refractivity contribution in [1.29, 1.82) is 0 Å². The van der Waals surface area contributed by atoms with E-state index in [1.165, 1.54) is 12.1 Å². The highest BCUT2D eigenvalue weighted by molar-refractivity contribution is 5.94. The minimum absolute atomic E-state index is 0.232. The van der Waals surface area contributed by atoms with Gasteiger partial charge in [0.15, 0.2) is 0 Å². The van der Waals surface area contributed by atoms with Crippen LogP contribution >= 0.6 is 0 Å². The molecule has 174 valence electrons. The minimum atomic E-state index is -5.07. The van der Waals surface area contributed by atoms with Crippen molar-refractivity contribution in [3.05, 3.63) is 59.7 Å². The van der Waals surface area contributed by atoms with Gasteiger partial charge in [0, 0.05) is 0 Å². The molecule has 0 radical (unpaired) electrons. The summed E-state index contributed by atoms with van der Waals surface area (Å²) < 4.78 is 52.5. The Morgan fingerprint density at radius 3 is 2.19 bits per heavy atom. The molecule has 0 aliphatic heterocycles. The van der Waals surface area contributed by atoms with Crippen LogP contribution in [0.15, 0.2) is 48.5 Å². The molecule has 0 fully saturated rings. The Kier molecular flexibility index (Phi) is 7.96. The standard InChI is InChI=1S/C22H24F3NO6/c1-21(2,3)32-20(29)26-15(12-14-8-5-4-6-9-14)13-30-16-10-7-11-17(18(16)19(27)28)31-22(23,24)25/h4-11,15H,12-13H2,1-3H3,(H,26,29)(H,27,28)/t15-/m1/s1. The number of benzene rings is 2. The van der Waals surface area contributed by atoms with Crippen molar-refractivity contribution in [2.45, 2.75) is 45.2 Å². The molecule has 1 amide bonds. The molecule has 0 saturated heterocycles. The number of hydrogen-bond acceptors (Lipinski definition) is 5. The van der Waals surface area contributed by atoms with E-state index in [4.69, 9.17) is 9.47 Å². The first-order chi connectivity index (χ1) is 14.8. The van der Waals surface area contributed by atoms with Crippen LogP contribution in [0.4, 0.5) is 18.0 Å². The fourth-order valence-electron chi connectivity index (χ4n) is 2.77. The Bertz CT molecular complexity index is 925. The maximum Gasteiger partial charge on any atom is 0.573 e. The number of rotatable bonds is 8. The van der Waals surface area contributed by atoms with Crippen molar-refractivity contribution in [3.8, 4) is 11.5 Å². The molecule has 7 nitrogen and oxygen atoms in total. The number of ether oxygens (including phenoxy) is 3. The number of nitrogens with one attached hydrogen (secondary N) is 1. The van der Waals surface area contributed by atoms with Gasteiger partial charge in [-0.1, -0.05) is 36.4 Å². The molecule has 0 aromatic heterocycles. The van der Waals surface area contributed by atoms with E-state index in [1.54, 1.807) is 32.9 Å². The highest BCUT2D eigenvalue weighted by Crippen LogP contribution is 2.32. The largest absolute Gasteiger partial charge is 0.573 e. The van der Waals surface area contributed by atoms with Crippen molar-refractivity contribution < 1.29 is 42.1 Å². The van der Waals surface area contributed by atoms with Crippen molar-refractivity contribution in [3.63, 3.8) is 0 Å². The quantitative estimate of drug-likeness (QED) is 0.594. The summed E-state index contributed by atoms with van der Waals surface area (Å²) in [7, 11) is 0. The van der Waals surface area contributed by atoms with Crippen LogP contribution in [0, 0.1) is 0 Å². The molecule has 0 spiro atoms. The van der Waals surface area contributed by atoms with E-state index in [1.807, 2.05) is 18.2 Å². The Morgan fingerprint density at radius 2 is 1.62 bits per heavy atom. The second-order valence-electron chi connectivity index (χ2n) is 7.83. The molecule has 2 aromatic carbocycles. The zero-order valence-electron chi connectivity index (χ0n) is 17.7. The number of carboxylic acids is 1. The average molecular weight is 455 g/mol. The van der Waals surface area contributed by atoms with E-state index in [0.717, 1.165) is 11.6 Å². The van der Waals surface area contributed by atoms with Crippen molar-refractivity contribution in [2.75, 3.05) is 6.61 Å². The van der Waals surface area contributed by atoms with Crippen molar-refractivity contribution in [1.82, 2.24) is 5.32 Å². The first-order valence-electron chi connectivity index (χ1n) is 9.62. The topological polar surface area (TPSA) is 94.1 Å². The third-order valence-electron chi connectivity index (χ3n) is 3.91. The van der Waals surface area contributed by atoms with Gasteiger partial charge in [-0.15, -0.1) is 13.2 Å². The van der Waals surface area contributed by atoms with Crippen LogP contribution < -0.4 is 14.8 Å². The van der Waals surface area contributed by atoms with E-state index in [9.17, 15) is 27.9 Å². The fourth-order valence-corrected chi connectivity index (χ4v) is 2.77. The lowest BCUT2D eigenvalue weighted by molar-refractivity contribution is -0.274. The Morgan fingerprint density at radius 1 is 1.00 bits per heavy atom. The van der Waals surface area contributed by atoms with Crippen LogP contribution in [-0.2, 0) is 11.2 Å². The molecule has 10 heteroatoms. The summed E-state index contributed by atoms with van der Waals surface area (Å²) in [6.45, 7) is 4.85. The van der Waals surface area contributed by atoms with Gasteiger partial charge in [0.25, 0.3) is 0 Å². The van der Waals surface area contributed by atoms with E-state index in [-0.39, 0.29) is 12.4 Å². The monoisotopic (exact) mass is 455 g/mol. The maximum atomic E-state index is 12.6. The molecule has 2 N–H and O–H groups in total. The second kappa shape index (κ2) is 10.3. The number of halogens is 3. The number of hydrogen-bond donors (Lipinski definition) is 2. The molecule has 0 heterocycles. The van der Waals surface area contributed by atoms with Gasteiger partial charge in [-0.2, -0.15) is 0 Å². The number of amides is 1. The summed E-state index contributed by atoms with van der Waals surface area (Å²) in [5.41, 5.74) is -0.674. The number of carboxylic acid groups (broad SMARTS) is 1.